The van der Waals surface area contributed by atoms with E-state index in [1.807, 2.05) is 28.8 Å². The van der Waals surface area contributed by atoms with Gasteiger partial charge in [0, 0.05) is 6.20 Å². The summed E-state index contributed by atoms with van der Waals surface area (Å²) in [5.41, 5.74) is 0.918. The van der Waals surface area contributed by atoms with Crippen molar-refractivity contribution in [1.82, 2.24) is 14.6 Å². The van der Waals surface area contributed by atoms with E-state index in [-0.39, 0.29) is 0 Å². The summed E-state index contributed by atoms with van der Waals surface area (Å²) in [6, 6.07) is 5.91. The maximum Gasteiger partial charge on any atom is 0.160 e. The first kappa shape index (κ1) is 7.61. The van der Waals surface area contributed by atoms with Gasteiger partial charge in [-0.1, -0.05) is 6.07 Å². The fourth-order valence-electron chi connectivity index (χ4n) is 1.12. The SMILES string of the molecule is CSCc1nnc2ccccn12. The van der Waals surface area contributed by atoms with E-state index in [0.29, 0.717) is 0 Å². The highest BCUT2D eigenvalue weighted by Crippen LogP contribution is 2.08. The molecule has 0 aliphatic rings. The van der Waals surface area contributed by atoms with Crippen LogP contribution in [0.2, 0.25) is 0 Å². The molecule has 2 heterocycles. The van der Waals surface area contributed by atoms with Gasteiger partial charge in [0.1, 0.15) is 5.82 Å². The van der Waals surface area contributed by atoms with Crippen LogP contribution < -0.4 is 0 Å². The van der Waals surface area contributed by atoms with E-state index in [1.54, 1.807) is 11.8 Å². The molecule has 0 spiro atoms. The van der Waals surface area contributed by atoms with Gasteiger partial charge in [0.05, 0.1) is 5.75 Å². The molecule has 0 aliphatic heterocycles. The molecule has 0 unspecified atom stereocenters. The predicted molar refractivity (Wildman–Crippen MR) is 50.2 cm³/mol. The van der Waals surface area contributed by atoms with Crippen molar-refractivity contribution >= 4 is 17.4 Å². The third-order valence-electron chi connectivity index (χ3n) is 1.66. The van der Waals surface area contributed by atoms with Gasteiger partial charge >= 0.3 is 0 Å². The lowest BCUT2D eigenvalue weighted by atomic mass is 10.5. The van der Waals surface area contributed by atoms with E-state index in [2.05, 4.69) is 16.5 Å². The van der Waals surface area contributed by atoms with Crippen LogP contribution >= 0.6 is 11.8 Å². The topological polar surface area (TPSA) is 30.2 Å². The predicted octanol–water partition coefficient (Wildman–Crippen LogP) is 1.59. The first-order valence-electron chi connectivity index (χ1n) is 3.69. The molecule has 2 rings (SSSR count). The molecule has 0 radical (unpaired) electrons. The van der Waals surface area contributed by atoms with Gasteiger partial charge in [-0.2, -0.15) is 11.8 Å². The van der Waals surface area contributed by atoms with Gasteiger partial charge in [-0.05, 0) is 18.4 Å². The van der Waals surface area contributed by atoms with Crippen LogP contribution in [-0.4, -0.2) is 20.9 Å². The maximum absolute atomic E-state index is 4.08. The van der Waals surface area contributed by atoms with Crippen LogP contribution in [0.4, 0.5) is 0 Å². The average molecular weight is 179 g/mol. The molecule has 0 bridgehead atoms. The molecule has 0 N–H and O–H groups in total. The molecule has 0 aliphatic carbocycles. The Morgan fingerprint density at radius 1 is 1.42 bits per heavy atom. The Bertz CT molecular complexity index is 382. The number of rotatable bonds is 2. The zero-order valence-corrected chi connectivity index (χ0v) is 7.58. The van der Waals surface area contributed by atoms with Gasteiger partial charge in [0.2, 0.25) is 0 Å². The normalized spacial score (nSPS) is 10.8. The first-order valence-corrected chi connectivity index (χ1v) is 5.09. The Labute approximate surface area is 74.8 Å². The molecule has 0 atom stereocenters. The second kappa shape index (κ2) is 3.15. The zero-order valence-electron chi connectivity index (χ0n) is 6.77. The van der Waals surface area contributed by atoms with Crippen molar-refractivity contribution in [2.75, 3.05) is 6.26 Å². The number of thioether (sulfide) groups is 1. The van der Waals surface area contributed by atoms with Crippen molar-refractivity contribution in [2.24, 2.45) is 0 Å². The largest absolute Gasteiger partial charge is 0.286 e. The van der Waals surface area contributed by atoms with Gasteiger partial charge in [0.25, 0.3) is 0 Å². The first-order chi connectivity index (χ1) is 5.92. The Balaban J connectivity index is 2.55. The second-order valence-corrected chi connectivity index (χ2v) is 3.34. The summed E-state index contributed by atoms with van der Waals surface area (Å²) in [6.45, 7) is 0. The van der Waals surface area contributed by atoms with Gasteiger partial charge in [0.15, 0.2) is 5.65 Å². The summed E-state index contributed by atoms with van der Waals surface area (Å²) in [5.74, 6) is 1.92. The highest BCUT2D eigenvalue weighted by molar-refractivity contribution is 7.97. The Kier molecular flexibility index (Phi) is 1.99. The highest BCUT2D eigenvalue weighted by Gasteiger charge is 2.01. The van der Waals surface area contributed by atoms with Crippen LogP contribution in [0.25, 0.3) is 5.65 Å². The average Bonchev–Trinajstić information content (AvgIpc) is 2.50. The summed E-state index contributed by atoms with van der Waals surface area (Å²) >= 11 is 1.75. The van der Waals surface area contributed by atoms with E-state index < -0.39 is 0 Å². The summed E-state index contributed by atoms with van der Waals surface area (Å²) in [6.07, 6.45) is 4.05. The summed E-state index contributed by atoms with van der Waals surface area (Å²) < 4.78 is 2.01. The molecule has 0 saturated heterocycles. The quantitative estimate of drug-likeness (QED) is 0.701. The van der Waals surface area contributed by atoms with Gasteiger partial charge in [-0.15, -0.1) is 10.2 Å². The van der Waals surface area contributed by atoms with Crippen LogP contribution in [-0.2, 0) is 5.75 Å². The molecule has 4 heteroatoms. The fraction of sp³-hybridized carbons (Fsp3) is 0.250. The standard InChI is InChI=1S/C8H9N3S/c1-12-6-8-10-9-7-4-2-3-5-11(7)8/h2-5H,6H2,1H3. The second-order valence-electron chi connectivity index (χ2n) is 2.48. The molecule has 0 aromatic carbocycles. The summed E-state index contributed by atoms with van der Waals surface area (Å²) in [7, 11) is 0. The lowest BCUT2D eigenvalue weighted by molar-refractivity contribution is 0.991. The van der Waals surface area contributed by atoms with Crippen LogP contribution in [0.5, 0.6) is 0 Å². The van der Waals surface area contributed by atoms with Crippen molar-refractivity contribution in [3.8, 4) is 0 Å². The summed E-state index contributed by atoms with van der Waals surface area (Å²) in [4.78, 5) is 0. The Morgan fingerprint density at radius 3 is 3.17 bits per heavy atom. The molecule has 0 saturated carbocycles. The Hall–Kier alpha value is -1.03. The van der Waals surface area contributed by atoms with Crippen molar-refractivity contribution in [3.63, 3.8) is 0 Å². The molecule has 0 amide bonds. The molecule has 2 aromatic heterocycles. The number of nitrogens with zero attached hydrogens (tertiary/aromatic N) is 3. The van der Waals surface area contributed by atoms with Crippen molar-refractivity contribution in [3.05, 3.63) is 30.2 Å². The maximum atomic E-state index is 4.08. The minimum Gasteiger partial charge on any atom is -0.286 e. The number of fused-ring (bicyclic) bond motifs is 1. The third kappa shape index (κ3) is 1.18. The number of aromatic nitrogens is 3. The van der Waals surface area contributed by atoms with Crippen molar-refractivity contribution in [1.29, 1.82) is 0 Å². The molecular weight excluding hydrogens is 170 g/mol. The van der Waals surface area contributed by atoms with E-state index in [4.69, 9.17) is 0 Å². The molecule has 3 nitrogen and oxygen atoms in total. The number of hydrogen-bond donors (Lipinski definition) is 0. The zero-order chi connectivity index (χ0) is 8.39. The summed E-state index contributed by atoms with van der Waals surface area (Å²) in [5, 5.41) is 8.11. The van der Waals surface area contributed by atoms with Crippen LogP contribution in [0.1, 0.15) is 5.82 Å². The molecule has 0 fully saturated rings. The van der Waals surface area contributed by atoms with Crippen molar-refractivity contribution < 1.29 is 0 Å². The van der Waals surface area contributed by atoms with E-state index in [1.165, 1.54) is 0 Å². The fourth-order valence-corrected chi connectivity index (χ4v) is 1.57. The highest BCUT2D eigenvalue weighted by atomic mass is 32.2. The van der Waals surface area contributed by atoms with E-state index in [9.17, 15) is 0 Å². The van der Waals surface area contributed by atoms with Crippen LogP contribution in [0.15, 0.2) is 24.4 Å². The number of hydrogen-bond acceptors (Lipinski definition) is 3. The van der Waals surface area contributed by atoms with E-state index >= 15 is 0 Å². The minimum atomic E-state index is 0.908. The monoisotopic (exact) mass is 179 g/mol. The molecule has 62 valence electrons. The minimum absolute atomic E-state index is 0.908. The lowest BCUT2D eigenvalue weighted by Gasteiger charge is -1.94. The van der Waals surface area contributed by atoms with Gasteiger partial charge in [-0.3, -0.25) is 4.40 Å². The lowest BCUT2D eigenvalue weighted by Crippen LogP contribution is -1.90. The number of pyridine rings is 1. The molecule has 12 heavy (non-hydrogen) atoms. The van der Waals surface area contributed by atoms with Gasteiger partial charge < -0.3 is 0 Å². The van der Waals surface area contributed by atoms with Crippen LogP contribution in [0, 0.1) is 0 Å². The van der Waals surface area contributed by atoms with Gasteiger partial charge in [-0.25, -0.2) is 0 Å². The van der Waals surface area contributed by atoms with Crippen LogP contribution in [0.3, 0.4) is 0 Å². The Morgan fingerprint density at radius 2 is 2.33 bits per heavy atom. The molecule has 2 aromatic rings. The van der Waals surface area contributed by atoms with E-state index in [0.717, 1.165) is 17.2 Å². The smallest absolute Gasteiger partial charge is 0.160 e. The molecular formula is C8H9N3S. The van der Waals surface area contributed by atoms with Crippen molar-refractivity contribution in [2.45, 2.75) is 5.75 Å². The third-order valence-corrected chi connectivity index (χ3v) is 2.20.